The van der Waals surface area contributed by atoms with E-state index in [1.807, 2.05) is 0 Å². The van der Waals surface area contributed by atoms with Crippen LogP contribution in [-0.4, -0.2) is 40.5 Å². The Morgan fingerprint density at radius 1 is 1.36 bits per heavy atom. The molecular weight excluding hydrogens is 287 g/mol. The smallest absolute Gasteiger partial charge is 0.308 e. The van der Waals surface area contributed by atoms with Crippen molar-refractivity contribution in [3.63, 3.8) is 0 Å². The Kier molecular flexibility index (Phi) is 4.40. The molecule has 6 heteroatoms. The van der Waals surface area contributed by atoms with E-state index < -0.39 is 11.9 Å². The van der Waals surface area contributed by atoms with Crippen molar-refractivity contribution in [3.8, 4) is 0 Å². The van der Waals surface area contributed by atoms with Crippen molar-refractivity contribution in [1.29, 1.82) is 0 Å². The predicted octanol–water partition coefficient (Wildman–Crippen LogP) is 2.48. The molecule has 22 heavy (non-hydrogen) atoms. The third kappa shape index (κ3) is 3.21. The quantitative estimate of drug-likeness (QED) is 0.942. The highest BCUT2D eigenvalue weighted by atomic mass is 19.1. The van der Waals surface area contributed by atoms with Crippen molar-refractivity contribution < 1.29 is 19.1 Å². The first kappa shape index (κ1) is 15.9. The van der Waals surface area contributed by atoms with Gasteiger partial charge in [0.15, 0.2) is 0 Å². The SMILES string of the molecule is Cc1nc2cc(F)ccc2cc1C(=O)N(C)CC(C)C(=O)O. The summed E-state index contributed by atoms with van der Waals surface area (Å²) in [6.07, 6.45) is 0. The molecule has 0 bridgehead atoms. The zero-order valence-corrected chi connectivity index (χ0v) is 12.6. The van der Waals surface area contributed by atoms with Crippen molar-refractivity contribution in [1.82, 2.24) is 9.88 Å². The van der Waals surface area contributed by atoms with Crippen LogP contribution in [0.1, 0.15) is 23.0 Å². The van der Waals surface area contributed by atoms with E-state index in [0.717, 1.165) is 0 Å². The minimum atomic E-state index is -0.955. The van der Waals surface area contributed by atoms with Gasteiger partial charge in [0.25, 0.3) is 5.91 Å². The number of rotatable bonds is 4. The lowest BCUT2D eigenvalue weighted by molar-refractivity contribution is -0.141. The van der Waals surface area contributed by atoms with E-state index in [-0.39, 0.29) is 18.3 Å². The van der Waals surface area contributed by atoms with Crippen LogP contribution in [-0.2, 0) is 4.79 Å². The number of carbonyl (C=O) groups is 2. The Labute approximate surface area is 127 Å². The van der Waals surface area contributed by atoms with Crippen LogP contribution in [0.3, 0.4) is 0 Å². The number of carboxylic acids is 1. The van der Waals surface area contributed by atoms with E-state index in [9.17, 15) is 14.0 Å². The lowest BCUT2D eigenvalue weighted by atomic mass is 10.1. The van der Waals surface area contributed by atoms with Gasteiger partial charge in [-0.25, -0.2) is 4.39 Å². The van der Waals surface area contributed by atoms with Crippen LogP contribution in [0.25, 0.3) is 10.9 Å². The van der Waals surface area contributed by atoms with Crippen LogP contribution in [0.2, 0.25) is 0 Å². The van der Waals surface area contributed by atoms with Gasteiger partial charge in [0.05, 0.1) is 22.7 Å². The van der Waals surface area contributed by atoms with Crippen molar-refractivity contribution in [2.24, 2.45) is 5.92 Å². The number of aryl methyl sites for hydroxylation is 1. The molecule has 1 amide bonds. The number of benzene rings is 1. The Morgan fingerprint density at radius 2 is 2.05 bits per heavy atom. The molecule has 1 aromatic heterocycles. The molecule has 1 N–H and O–H groups in total. The molecule has 1 unspecified atom stereocenters. The molecule has 116 valence electrons. The van der Waals surface area contributed by atoms with E-state index in [4.69, 9.17) is 5.11 Å². The molecule has 5 nitrogen and oxygen atoms in total. The summed E-state index contributed by atoms with van der Waals surface area (Å²) in [5, 5.41) is 9.58. The number of amides is 1. The van der Waals surface area contributed by atoms with Crippen LogP contribution in [0.5, 0.6) is 0 Å². The maximum absolute atomic E-state index is 13.2. The van der Waals surface area contributed by atoms with Crippen molar-refractivity contribution in [2.45, 2.75) is 13.8 Å². The average Bonchev–Trinajstić information content (AvgIpc) is 2.45. The minimum absolute atomic E-state index is 0.106. The molecule has 1 heterocycles. The number of aliphatic carboxylic acids is 1. The Balaban J connectivity index is 2.33. The Morgan fingerprint density at radius 3 is 2.68 bits per heavy atom. The van der Waals surface area contributed by atoms with Gasteiger partial charge in [-0.05, 0) is 25.1 Å². The summed E-state index contributed by atoms with van der Waals surface area (Å²) < 4.78 is 13.2. The summed E-state index contributed by atoms with van der Waals surface area (Å²) >= 11 is 0. The average molecular weight is 304 g/mol. The van der Waals surface area contributed by atoms with Gasteiger partial charge in [-0.15, -0.1) is 0 Å². The Bertz CT molecular complexity index is 745. The molecule has 0 aliphatic rings. The van der Waals surface area contributed by atoms with Crippen LogP contribution < -0.4 is 0 Å². The highest BCUT2D eigenvalue weighted by Gasteiger charge is 2.20. The molecule has 0 fully saturated rings. The molecule has 0 spiro atoms. The molecule has 0 aliphatic carbocycles. The number of fused-ring (bicyclic) bond motifs is 1. The van der Waals surface area contributed by atoms with E-state index in [1.165, 1.54) is 17.0 Å². The van der Waals surface area contributed by atoms with Gasteiger partial charge in [-0.1, -0.05) is 6.92 Å². The van der Waals surface area contributed by atoms with E-state index in [2.05, 4.69) is 4.98 Å². The van der Waals surface area contributed by atoms with Gasteiger partial charge in [0, 0.05) is 25.0 Å². The number of hydrogen-bond donors (Lipinski definition) is 1. The summed E-state index contributed by atoms with van der Waals surface area (Å²) in [7, 11) is 1.55. The number of aromatic nitrogens is 1. The van der Waals surface area contributed by atoms with Gasteiger partial charge < -0.3 is 10.0 Å². The number of hydrogen-bond acceptors (Lipinski definition) is 3. The largest absolute Gasteiger partial charge is 0.481 e. The van der Waals surface area contributed by atoms with Crippen molar-refractivity contribution >= 4 is 22.8 Å². The maximum atomic E-state index is 13.2. The third-order valence-corrected chi connectivity index (χ3v) is 3.52. The molecule has 0 aliphatic heterocycles. The van der Waals surface area contributed by atoms with E-state index >= 15 is 0 Å². The second-order valence-electron chi connectivity index (χ2n) is 5.38. The fourth-order valence-corrected chi connectivity index (χ4v) is 2.23. The monoisotopic (exact) mass is 304 g/mol. The van der Waals surface area contributed by atoms with Crippen LogP contribution in [0.4, 0.5) is 4.39 Å². The van der Waals surface area contributed by atoms with Crippen LogP contribution >= 0.6 is 0 Å². The molecule has 0 saturated heterocycles. The molecule has 0 saturated carbocycles. The third-order valence-electron chi connectivity index (χ3n) is 3.52. The fraction of sp³-hybridized carbons (Fsp3) is 0.312. The number of carboxylic acid groups (broad SMARTS) is 1. The highest BCUT2D eigenvalue weighted by Crippen LogP contribution is 2.19. The molecule has 0 radical (unpaired) electrons. The van der Waals surface area contributed by atoms with E-state index in [1.54, 1.807) is 33.0 Å². The summed E-state index contributed by atoms with van der Waals surface area (Å²) in [5.74, 6) is -2.30. The molecule has 2 aromatic rings. The maximum Gasteiger partial charge on any atom is 0.308 e. The standard InChI is InChI=1S/C16H17FN2O3/c1-9(16(21)22)8-19(3)15(20)13-6-11-4-5-12(17)7-14(11)18-10(13)2/h4-7,9H,8H2,1-3H3,(H,21,22). The summed E-state index contributed by atoms with van der Waals surface area (Å²) in [6, 6.07) is 5.84. The van der Waals surface area contributed by atoms with Crippen LogP contribution in [0, 0.1) is 18.7 Å². The first-order chi connectivity index (χ1) is 10.3. The first-order valence-electron chi connectivity index (χ1n) is 6.84. The molecule has 2 rings (SSSR count). The summed E-state index contributed by atoms with van der Waals surface area (Å²) in [4.78, 5) is 28.9. The normalized spacial score (nSPS) is 12.2. The molecular formula is C16H17FN2O3. The van der Waals surface area contributed by atoms with Gasteiger partial charge >= 0.3 is 5.97 Å². The van der Waals surface area contributed by atoms with E-state index in [0.29, 0.717) is 22.2 Å². The second kappa shape index (κ2) is 6.09. The summed E-state index contributed by atoms with van der Waals surface area (Å²) in [5.41, 5.74) is 1.35. The number of halogens is 1. The van der Waals surface area contributed by atoms with Gasteiger partial charge in [0.2, 0.25) is 0 Å². The van der Waals surface area contributed by atoms with Gasteiger partial charge in [-0.3, -0.25) is 14.6 Å². The topological polar surface area (TPSA) is 70.5 Å². The molecule has 1 aromatic carbocycles. The minimum Gasteiger partial charge on any atom is -0.481 e. The highest BCUT2D eigenvalue weighted by molar-refractivity contribution is 5.98. The number of carbonyl (C=O) groups excluding carboxylic acids is 1. The second-order valence-corrected chi connectivity index (χ2v) is 5.38. The summed E-state index contributed by atoms with van der Waals surface area (Å²) in [6.45, 7) is 3.32. The number of nitrogens with zero attached hydrogens (tertiary/aromatic N) is 2. The zero-order valence-electron chi connectivity index (χ0n) is 12.6. The molecule has 1 atom stereocenters. The lowest BCUT2D eigenvalue weighted by Gasteiger charge is -2.20. The Hall–Kier alpha value is -2.50. The van der Waals surface area contributed by atoms with Crippen molar-refractivity contribution in [2.75, 3.05) is 13.6 Å². The van der Waals surface area contributed by atoms with Crippen molar-refractivity contribution in [3.05, 3.63) is 41.3 Å². The fourth-order valence-electron chi connectivity index (χ4n) is 2.23. The lowest BCUT2D eigenvalue weighted by Crippen LogP contribution is -2.34. The van der Waals surface area contributed by atoms with Gasteiger partial charge in [-0.2, -0.15) is 0 Å². The van der Waals surface area contributed by atoms with Gasteiger partial charge in [0.1, 0.15) is 5.82 Å². The number of pyridine rings is 1. The first-order valence-corrected chi connectivity index (χ1v) is 6.84. The predicted molar refractivity (Wildman–Crippen MR) is 80.2 cm³/mol. The van der Waals surface area contributed by atoms with Crippen LogP contribution in [0.15, 0.2) is 24.3 Å². The zero-order chi connectivity index (χ0) is 16.4.